The van der Waals surface area contributed by atoms with E-state index in [1.165, 1.54) is 41.7 Å². The molecule has 1 N–H and O–H groups in total. The SMILES string of the molecule is Cc1cc2c(cc1N(C)c1ccc(O)c(=O)cc1)C(C)(C)CCC2(C)C. The minimum Gasteiger partial charge on any atom is -0.504 e. The van der Waals surface area contributed by atoms with Crippen molar-refractivity contribution in [3.8, 4) is 5.75 Å². The fourth-order valence-electron chi connectivity index (χ4n) is 3.98. The van der Waals surface area contributed by atoms with Crippen LogP contribution in [0.4, 0.5) is 11.4 Å². The van der Waals surface area contributed by atoms with Gasteiger partial charge < -0.3 is 10.0 Å². The molecular weight excluding hydrogens is 322 g/mol. The highest BCUT2D eigenvalue weighted by Crippen LogP contribution is 2.48. The van der Waals surface area contributed by atoms with Gasteiger partial charge in [0.05, 0.1) is 0 Å². The number of hydrogen-bond acceptors (Lipinski definition) is 3. The zero-order valence-corrected chi connectivity index (χ0v) is 16.7. The summed E-state index contributed by atoms with van der Waals surface area (Å²) in [5, 5.41) is 9.66. The number of aryl methyl sites for hydroxylation is 1. The Balaban J connectivity index is 2.15. The van der Waals surface area contributed by atoms with Gasteiger partial charge in [-0.1, -0.05) is 33.8 Å². The number of nitrogens with zero attached hydrogens (tertiary/aromatic N) is 1. The summed E-state index contributed by atoms with van der Waals surface area (Å²) in [5.41, 5.74) is 6.05. The van der Waals surface area contributed by atoms with Gasteiger partial charge >= 0.3 is 0 Å². The van der Waals surface area contributed by atoms with Crippen molar-refractivity contribution < 1.29 is 5.11 Å². The van der Waals surface area contributed by atoms with E-state index in [1.807, 2.05) is 7.05 Å². The lowest BCUT2D eigenvalue weighted by Crippen LogP contribution is -2.34. The van der Waals surface area contributed by atoms with Crippen molar-refractivity contribution in [2.45, 2.75) is 58.3 Å². The Morgan fingerprint density at radius 1 is 0.923 bits per heavy atom. The van der Waals surface area contributed by atoms with Crippen molar-refractivity contribution >= 4 is 11.4 Å². The van der Waals surface area contributed by atoms with Crippen LogP contribution in [-0.2, 0) is 10.8 Å². The zero-order valence-electron chi connectivity index (χ0n) is 16.7. The van der Waals surface area contributed by atoms with Crippen LogP contribution >= 0.6 is 0 Å². The molecule has 0 heterocycles. The molecule has 138 valence electrons. The molecule has 0 aliphatic heterocycles. The molecule has 0 bridgehead atoms. The van der Waals surface area contributed by atoms with Crippen LogP contribution < -0.4 is 10.3 Å². The van der Waals surface area contributed by atoms with Crippen LogP contribution in [0.1, 0.15) is 57.2 Å². The summed E-state index contributed by atoms with van der Waals surface area (Å²) in [5.74, 6) is -0.227. The topological polar surface area (TPSA) is 40.5 Å². The van der Waals surface area contributed by atoms with Crippen LogP contribution in [0.2, 0.25) is 0 Å². The van der Waals surface area contributed by atoms with Gasteiger partial charge in [-0.25, -0.2) is 0 Å². The van der Waals surface area contributed by atoms with E-state index in [9.17, 15) is 9.90 Å². The monoisotopic (exact) mass is 351 g/mol. The lowest BCUT2D eigenvalue weighted by atomic mass is 9.63. The smallest absolute Gasteiger partial charge is 0.220 e. The molecule has 1 aliphatic carbocycles. The van der Waals surface area contributed by atoms with Gasteiger partial charge in [0.25, 0.3) is 0 Å². The van der Waals surface area contributed by atoms with E-state index in [4.69, 9.17) is 0 Å². The summed E-state index contributed by atoms with van der Waals surface area (Å²) in [4.78, 5) is 13.8. The summed E-state index contributed by atoms with van der Waals surface area (Å²) in [6.45, 7) is 11.5. The third kappa shape index (κ3) is 3.11. The van der Waals surface area contributed by atoms with E-state index in [-0.39, 0.29) is 22.0 Å². The second kappa shape index (κ2) is 6.15. The summed E-state index contributed by atoms with van der Waals surface area (Å²) < 4.78 is 0. The van der Waals surface area contributed by atoms with E-state index in [2.05, 4.69) is 51.7 Å². The molecule has 2 aromatic carbocycles. The first kappa shape index (κ1) is 18.5. The summed E-state index contributed by atoms with van der Waals surface area (Å²) in [6, 6.07) is 11.1. The summed E-state index contributed by atoms with van der Waals surface area (Å²) in [6.07, 6.45) is 2.37. The van der Waals surface area contributed by atoms with Crippen molar-refractivity contribution in [3.63, 3.8) is 0 Å². The van der Waals surface area contributed by atoms with Crippen LogP contribution in [0.15, 0.2) is 41.2 Å². The molecule has 3 rings (SSSR count). The van der Waals surface area contributed by atoms with Gasteiger partial charge in [-0.15, -0.1) is 0 Å². The van der Waals surface area contributed by atoms with Crippen LogP contribution in [0.5, 0.6) is 5.75 Å². The highest BCUT2D eigenvalue weighted by atomic mass is 16.3. The van der Waals surface area contributed by atoms with Crippen molar-refractivity contribution in [3.05, 3.63) is 63.3 Å². The third-order valence-electron chi connectivity index (χ3n) is 5.99. The highest BCUT2D eigenvalue weighted by Gasteiger charge is 2.37. The lowest BCUT2D eigenvalue weighted by Gasteiger charge is -2.43. The molecule has 3 nitrogen and oxygen atoms in total. The summed E-state index contributed by atoms with van der Waals surface area (Å²) >= 11 is 0. The molecule has 1 aliphatic rings. The minimum atomic E-state index is -0.366. The normalized spacial score (nSPS) is 17.5. The second-order valence-corrected chi connectivity index (χ2v) is 8.85. The number of anilines is 2. The Bertz CT molecular complexity index is 912. The van der Waals surface area contributed by atoms with Crippen molar-refractivity contribution in [1.82, 2.24) is 0 Å². The molecule has 26 heavy (non-hydrogen) atoms. The van der Waals surface area contributed by atoms with Gasteiger partial charge in [0.15, 0.2) is 5.75 Å². The van der Waals surface area contributed by atoms with Gasteiger partial charge in [0, 0.05) is 18.4 Å². The summed E-state index contributed by atoms with van der Waals surface area (Å²) in [7, 11) is 2.01. The molecule has 0 aromatic heterocycles. The minimum absolute atomic E-state index is 0.149. The first-order valence-corrected chi connectivity index (χ1v) is 9.26. The number of rotatable bonds is 2. The van der Waals surface area contributed by atoms with Gasteiger partial charge in [-0.05, 0) is 77.6 Å². The number of hydrogen-bond donors (Lipinski definition) is 1. The van der Waals surface area contributed by atoms with E-state index >= 15 is 0 Å². The van der Waals surface area contributed by atoms with Crippen LogP contribution in [-0.4, -0.2) is 12.2 Å². The van der Waals surface area contributed by atoms with Crippen molar-refractivity contribution in [2.75, 3.05) is 11.9 Å². The average molecular weight is 351 g/mol. The van der Waals surface area contributed by atoms with Gasteiger partial charge in [0.2, 0.25) is 5.43 Å². The molecule has 0 fully saturated rings. The number of fused-ring (bicyclic) bond motifs is 1. The Labute approximate surface area is 156 Å². The van der Waals surface area contributed by atoms with Gasteiger partial charge in [-0.3, -0.25) is 4.79 Å². The predicted molar refractivity (Wildman–Crippen MR) is 109 cm³/mol. The van der Waals surface area contributed by atoms with E-state index in [0.29, 0.717) is 0 Å². The van der Waals surface area contributed by atoms with Crippen molar-refractivity contribution in [1.29, 1.82) is 0 Å². The Morgan fingerprint density at radius 3 is 2.08 bits per heavy atom. The fourth-order valence-corrected chi connectivity index (χ4v) is 3.98. The maximum Gasteiger partial charge on any atom is 0.220 e. The molecule has 0 saturated heterocycles. The Kier molecular flexibility index (Phi) is 4.38. The highest BCUT2D eigenvalue weighted by molar-refractivity contribution is 5.68. The Hall–Kier alpha value is -2.29. The maximum atomic E-state index is 11.7. The van der Waals surface area contributed by atoms with Crippen LogP contribution in [0, 0.1) is 6.92 Å². The van der Waals surface area contributed by atoms with Gasteiger partial charge in [0.1, 0.15) is 0 Å². The first-order valence-electron chi connectivity index (χ1n) is 9.26. The standard InChI is InChI=1S/C23H29NO2/c1-15-13-17-18(23(4,5)12-11-22(17,2)3)14-19(15)24(6)16-7-9-20(25)21(26)10-8-16/h7-10,13-14H,11-12H2,1-6H3,(H,25,26). The quantitative estimate of drug-likeness (QED) is 0.810. The average Bonchev–Trinajstić information content (AvgIpc) is 2.73. The number of benzene rings is 1. The predicted octanol–water partition coefficient (Wildman–Crippen LogP) is 5.18. The molecule has 0 atom stereocenters. The molecule has 0 amide bonds. The molecule has 0 saturated carbocycles. The molecular formula is C23H29NO2. The molecule has 2 aromatic rings. The molecule has 0 spiro atoms. The lowest BCUT2D eigenvalue weighted by molar-refractivity contribution is 0.332. The van der Waals surface area contributed by atoms with E-state index in [1.54, 1.807) is 12.1 Å². The molecule has 0 unspecified atom stereocenters. The van der Waals surface area contributed by atoms with Crippen LogP contribution in [0.25, 0.3) is 0 Å². The third-order valence-corrected chi connectivity index (χ3v) is 5.99. The van der Waals surface area contributed by atoms with E-state index < -0.39 is 0 Å². The molecule has 3 heteroatoms. The fraction of sp³-hybridized carbons (Fsp3) is 0.435. The largest absolute Gasteiger partial charge is 0.504 e. The number of aromatic hydroxyl groups is 1. The van der Waals surface area contributed by atoms with E-state index in [0.717, 1.165) is 11.4 Å². The first-order chi connectivity index (χ1) is 12.0. The maximum absolute atomic E-state index is 11.7. The van der Waals surface area contributed by atoms with Gasteiger partial charge in [-0.2, -0.15) is 0 Å². The Morgan fingerprint density at radius 2 is 1.46 bits per heavy atom. The van der Waals surface area contributed by atoms with Crippen molar-refractivity contribution in [2.24, 2.45) is 0 Å². The second-order valence-electron chi connectivity index (χ2n) is 8.85. The zero-order chi connectivity index (χ0) is 19.3. The molecule has 0 radical (unpaired) electrons. The van der Waals surface area contributed by atoms with Crippen LogP contribution in [0.3, 0.4) is 0 Å².